The molecule has 0 fully saturated rings. The number of thiophene rings is 1. The van der Waals surface area contributed by atoms with Crippen LogP contribution < -0.4 is 5.32 Å². The van der Waals surface area contributed by atoms with Gasteiger partial charge in [-0.1, -0.05) is 38.6 Å². The molecule has 0 aliphatic heterocycles. The molecule has 1 atom stereocenters. The number of carbonyl (C=O) groups is 1. The van der Waals surface area contributed by atoms with Crippen molar-refractivity contribution in [3.8, 4) is 0 Å². The molecule has 0 aliphatic rings. The molecule has 20 heavy (non-hydrogen) atoms. The Labute approximate surface area is 126 Å². The third kappa shape index (κ3) is 4.08. The molecule has 0 aromatic carbocycles. The fourth-order valence-electron chi connectivity index (χ4n) is 1.77. The Hall–Kier alpha value is -1.34. The number of nitrogens with zero attached hydrogens (tertiary/aromatic N) is 2. The molecule has 2 N–H and O–H groups in total. The van der Waals surface area contributed by atoms with E-state index in [0.29, 0.717) is 5.75 Å². The number of aromatic amines is 1. The van der Waals surface area contributed by atoms with Gasteiger partial charge in [0.1, 0.15) is 5.03 Å². The van der Waals surface area contributed by atoms with Crippen molar-refractivity contribution in [1.82, 2.24) is 20.7 Å². The van der Waals surface area contributed by atoms with Crippen LogP contribution in [-0.2, 0) is 4.79 Å². The van der Waals surface area contributed by atoms with Crippen LogP contribution in [0.15, 0.2) is 28.7 Å². The number of amides is 1. The van der Waals surface area contributed by atoms with Gasteiger partial charge in [-0.2, -0.15) is 10.3 Å². The van der Waals surface area contributed by atoms with E-state index >= 15 is 0 Å². The monoisotopic (exact) mass is 310 g/mol. The highest BCUT2D eigenvalue weighted by atomic mass is 32.2. The zero-order chi connectivity index (χ0) is 14.6. The summed E-state index contributed by atoms with van der Waals surface area (Å²) in [5, 5.41) is 16.0. The lowest BCUT2D eigenvalue weighted by Crippen LogP contribution is -2.37. The van der Waals surface area contributed by atoms with Crippen LogP contribution in [0.25, 0.3) is 0 Å². The predicted octanol–water partition coefficient (Wildman–Crippen LogP) is 2.86. The average molecular weight is 310 g/mol. The summed E-state index contributed by atoms with van der Waals surface area (Å²) in [7, 11) is 0. The first-order valence-corrected chi connectivity index (χ1v) is 8.14. The van der Waals surface area contributed by atoms with E-state index in [1.807, 2.05) is 11.4 Å². The molecule has 2 aromatic heterocycles. The van der Waals surface area contributed by atoms with Crippen LogP contribution in [0.1, 0.15) is 31.7 Å². The Bertz CT molecular complexity index is 531. The molecule has 0 spiro atoms. The van der Waals surface area contributed by atoms with Crippen LogP contribution in [0.5, 0.6) is 0 Å². The third-order valence-electron chi connectivity index (χ3n) is 2.74. The molecule has 0 radical (unpaired) electrons. The van der Waals surface area contributed by atoms with Gasteiger partial charge in [0.15, 0.2) is 0 Å². The summed E-state index contributed by atoms with van der Waals surface area (Å²) in [5.74, 6) is 0.344. The standard InChI is InChI=1S/C13H18N4OS2/c1-13(2,3)12(9-5-4-6-19-9)15-10(18)8-20-11-7-14-17-16-11/h4-7,12H,8H2,1-3H3,(H,15,18)(H,14,16,17). The van der Waals surface area contributed by atoms with Crippen LogP contribution >= 0.6 is 23.1 Å². The summed E-state index contributed by atoms with van der Waals surface area (Å²) < 4.78 is 0. The maximum Gasteiger partial charge on any atom is 0.230 e. The van der Waals surface area contributed by atoms with Gasteiger partial charge in [0.25, 0.3) is 0 Å². The van der Waals surface area contributed by atoms with Crippen LogP contribution in [0.3, 0.4) is 0 Å². The van der Waals surface area contributed by atoms with E-state index in [2.05, 4.69) is 47.6 Å². The Balaban J connectivity index is 1.96. The number of carbonyl (C=O) groups excluding carboxylic acids is 1. The minimum Gasteiger partial charge on any atom is -0.347 e. The molecule has 5 nitrogen and oxygen atoms in total. The molecule has 2 aromatic rings. The highest BCUT2D eigenvalue weighted by Crippen LogP contribution is 2.35. The van der Waals surface area contributed by atoms with Crippen molar-refractivity contribution in [3.63, 3.8) is 0 Å². The average Bonchev–Trinajstić information content (AvgIpc) is 3.04. The summed E-state index contributed by atoms with van der Waals surface area (Å²) in [4.78, 5) is 13.3. The first-order chi connectivity index (χ1) is 9.47. The van der Waals surface area contributed by atoms with E-state index in [-0.39, 0.29) is 17.4 Å². The Morgan fingerprint density at radius 2 is 2.35 bits per heavy atom. The van der Waals surface area contributed by atoms with Gasteiger partial charge in [0.05, 0.1) is 18.0 Å². The van der Waals surface area contributed by atoms with Crippen LogP contribution in [-0.4, -0.2) is 27.1 Å². The van der Waals surface area contributed by atoms with Gasteiger partial charge < -0.3 is 5.32 Å². The first kappa shape index (κ1) is 15.1. The van der Waals surface area contributed by atoms with E-state index in [0.717, 1.165) is 5.03 Å². The number of aromatic nitrogens is 3. The van der Waals surface area contributed by atoms with E-state index in [9.17, 15) is 4.79 Å². The largest absolute Gasteiger partial charge is 0.347 e. The van der Waals surface area contributed by atoms with E-state index in [1.165, 1.54) is 16.6 Å². The summed E-state index contributed by atoms with van der Waals surface area (Å²) in [6.45, 7) is 6.38. The van der Waals surface area contributed by atoms with Crippen LogP contribution in [0.4, 0.5) is 0 Å². The van der Waals surface area contributed by atoms with Crippen molar-refractivity contribution in [3.05, 3.63) is 28.6 Å². The lowest BCUT2D eigenvalue weighted by atomic mass is 9.86. The highest BCUT2D eigenvalue weighted by Gasteiger charge is 2.28. The topological polar surface area (TPSA) is 70.7 Å². The molecule has 0 saturated carbocycles. The van der Waals surface area contributed by atoms with Gasteiger partial charge in [0, 0.05) is 4.88 Å². The molecule has 0 saturated heterocycles. The minimum atomic E-state index is -0.0287. The van der Waals surface area contributed by atoms with Crippen molar-refractivity contribution >= 4 is 29.0 Å². The number of nitrogens with one attached hydrogen (secondary N) is 2. The van der Waals surface area contributed by atoms with E-state index in [1.54, 1.807) is 17.5 Å². The van der Waals surface area contributed by atoms with Crippen molar-refractivity contribution in [2.24, 2.45) is 5.41 Å². The molecule has 2 rings (SSSR count). The highest BCUT2D eigenvalue weighted by molar-refractivity contribution is 7.99. The van der Waals surface area contributed by atoms with Gasteiger partial charge >= 0.3 is 0 Å². The third-order valence-corrected chi connectivity index (χ3v) is 4.58. The second-order valence-corrected chi connectivity index (χ2v) is 7.45. The zero-order valence-electron chi connectivity index (χ0n) is 11.7. The van der Waals surface area contributed by atoms with Gasteiger partial charge in [-0.15, -0.1) is 16.4 Å². The minimum absolute atomic E-state index is 0.00586. The maximum atomic E-state index is 12.1. The lowest BCUT2D eigenvalue weighted by Gasteiger charge is -2.30. The van der Waals surface area contributed by atoms with E-state index in [4.69, 9.17) is 0 Å². The van der Waals surface area contributed by atoms with Crippen molar-refractivity contribution < 1.29 is 4.79 Å². The van der Waals surface area contributed by atoms with Gasteiger partial charge in [-0.05, 0) is 16.9 Å². The second kappa shape index (κ2) is 6.41. The van der Waals surface area contributed by atoms with Crippen LogP contribution in [0.2, 0.25) is 0 Å². The first-order valence-electron chi connectivity index (χ1n) is 6.28. The molecular weight excluding hydrogens is 292 g/mol. The number of hydrogen-bond acceptors (Lipinski definition) is 5. The number of hydrogen-bond donors (Lipinski definition) is 2. The second-order valence-electron chi connectivity index (χ2n) is 5.48. The molecule has 108 valence electrons. The number of rotatable bonds is 5. The molecule has 2 heterocycles. The fraction of sp³-hybridized carbons (Fsp3) is 0.462. The fourth-order valence-corrected chi connectivity index (χ4v) is 3.39. The summed E-state index contributed by atoms with van der Waals surface area (Å²) in [6, 6.07) is 4.09. The summed E-state index contributed by atoms with van der Waals surface area (Å²) in [5.41, 5.74) is -0.0287. The van der Waals surface area contributed by atoms with Crippen molar-refractivity contribution in [2.45, 2.75) is 31.8 Å². The van der Waals surface area contributed by atoms with Crippen molar-refractivity contribution in [2.75, 3.05) is 5.75 Å². The van der Waals surface area contributed by atoms with Gasteiger partial charge in [-0.3, -0.25) is 4.79 Å². The van der Waals surface area contributed by atoms with Gasteiger partial charge in [0.2, 0.25) is 5.91 Å². The normalized spacial score (nSPS) is 13.2. The molecule has 0 aliphatic carbocycles. The van der Waals surface area contributed by atoms with Gasteiger partial charge in [-0.25, -0.2) is 0 Å². The molecular formula is C13H18N4OS2. The maximum absolute atomic E-state index is 12.1. The quantitative estimate of drug-likeness (QED) is 0.833. The molecule has 7 heteroatoms. The smallest absolute Gasteiger partial charge is 0.230 e. The summed E-state index contributed by atoms with van der Waals surface area (Å²) in [6.07, 6.45) is 1.61. The predicted molar refractivity (Wildman–Crippen MR) is 81.8 cm³/mol. The Morgan fingerprint density at radius 1 is 1.55 bits per heavy atom. The molecule has 1 amide bonds. The summed E-state index contributed by atoms with van der Waals surface area (Å²) >= 11 is 3.04. The molecule has 0 bridgehead atoms. The Kier molecular flexibility index (Phi) is 4.82. The lowest BCUT2D eigenvalue weighted by molar-refractivity contribution is -0.120. The number of thioether (sulfide) groups is 1. The van der Waals surface area contributed by atoms with Crippen molar-refractivity contribution in [1.29, 1.82) is 0 Å². The molecule has 1 unspecified atom stereocenters. The zero-order valence-corrected chi connectivity index (χ0v) is 13.3. The number of H-pyrrole nitrogens is 1. The van der Waals surface area contributed by atoms with E-state index < -0.39 is 0 Å². The SMILES string of the molecule is CC(C)(C)C(NC(=O)CSc1cn[nH]n1)c1cccs1. The van der Waals surface area contributed by atoms with Crippen LogP contribution in [0, 0.1) is 5.41 Å². The Morgan fingerprint density at radius 3 is 2.90 bits per heavy atom.